The van der Waals surface area contributed by atoms with Crippen molar-refractivity contribution in [1.29, 1.82) is 0 Å². The van der Waals surface area contributed by atoms with E-state index < -0.39 is 0 Å². The second kappa shape index (κ2) is 5.94. The van der Waals surface area contributed by atoms with Crippen molar-refractivity contribution in [3.63, 3.8) is 0 Å². The Morgan fingerprint density at radius 1 is 1.60 bits per heavy atom. The van der Waals surface area contributed by atoms with Gasteiger partial charge in [0.2, 0.25) is 12.3 Å². The van der Waals surface area contributed by atoms with Gasteiger partial charge >= 0.3 is 0 Å². The predicted molar refractivity (Wildman–Crippen MR) is 36.5 cm³/mol. The average molecular weight is 140 g/mol. The maximum atomic E-state index is 10.4. The van der Waals surface area contributed by atoms with E-state index >= 15 is 0 Å². The molecule has 2 radical (unpaired) electrons. The molecule has 0 aliphatic heterocycles. The zero-order chi connectivity index (χ0) is 7.82. The molecule has 0 aliphatic carbocycles. The second-order valence-corrected chi connectivity index (χ2v) is 1.42. The molecule has 0 atom stereocenters. The molecule has 0 aliphatic rings. The van der Waals surface area contributed by atoms with Crippen LogP contribution in [0.15, 0.2) is 4.99 Å². The highest BCUT2D eigenvalue weighted by molar-refractivity contribution is 5.80. The summed E-state index contributed by atoms with van der Waals surface area (Å²) in [5.41, 5.74) is 0. The van der Waals surface area contributed by atoms with Crippen LogP contribution in [0, 0.1) is 6.92 Å². The van der Waals surface area contributed by atoms with Gasteiger partial charge in [-0.25, -0.2) is 10.3 Å². The highest BCUT2D eigenvalue weighted by atomic mass is 16.1. The second-order valence-electron chi connectivity index (χ2n) is 1.42. The van der Waals surface area contributed by atoms with E-state index in [1.807, 2.05) is 0 Å². The molecule has 0 unspecified atom stereocenters. The molecule has 0 N–H and O–H groups in total. The van der Waals surface area contributed by atoms with Crippen LogP contribution in [0.25, 0.3) is 0 Å². The molecule has 0 aromatic rings. The van der Waals surface area contributed by atoms with Gasteiger partial charge in [-0.2, -0.15) is 0 Å². The summed E-state index contributed by atoms with van der Waals surface area (Å²) < 4.78 is 0. The first-order valence-electron chi connectivity index (χ1n) is 2.76. The van der Waals surface area contributed by atoms with Gasteiger partial charge in [-0.15, -0.1) is 0 Å². The number of rotatable bonds is 4. The molecule has 10 heavy (non-hydrogen) atoms. The Morgan fingerprint density at radius 2 is 2.30 bits per heavy atom. The van der Waals surface area contributed by atoms with Gasteiger partial charge in [0.15, 0.2) is 0 Å². The van der Waals surface area contributed by atoms with Crippen LogP contribution in [0.2, 0.25) is 0 Å². The van der Waals surface area contributed by atoms with Gasteiger partial charge in [0.25, 0.3) is 0 Å². The zero-order valence-electron chi connectivity index (χ0n) is 5.49. The summed E-state index contributed by atoms with van der Waals surface area (Å²) in [6.07, 6.45) is 1.81. The number of carbonyl (C=O) groups is 2. The van der Waals surface area contributed by atoms with Crippen molar-refractivity contribution in [2.75, 3.05) is 6.54 Å². The van der Waals surface area contributed by atoms with Crippen molar-refractivity contribution in [3.8, 4) is 0 Å². The highest BCUT2D eigenvalue weighted by Gasteiger charge is 1.93. The predicted octanol–water partition coefficient (Wildman–Crippen LogP) is -0.431. The Hall–Kier alpha value is -1.19. The molecule has 0 bridgehead atoms. The van der Waals surface area contributed by atoms with E-state index in [0.717, 1.165) is 0 Å². The highest BCUT2D eigenvalue weighted by Crippen LogP contribution is 1.73. The third-order valence-corrected chi connectivity index (χ3v) is 0.729. The smallest absolute Gasteiger partial charge is 0.241 e. The van der Waals surface area contributed by atoms with Gasteiger partial charge in [0.05, 0.1) is 6.54 Å². The van der Waals surface area contributed by atoms with Crippen molar-refractivity contribution in [1.82, 2.24) is 5.32 Å². The summed E-state index contributed by atoms with van der Waals surface area (Å²) in [6.45, 7) is 3.49. The lowest BCUT2D eigenvalue weighted by atomic mass is 10.4. The Kier molecular flexibility index (Phi) is 5.23. The van der Waals surface area contributed by atoms with Crippen LogP contribution in [0.3, 0.4) is 0 Å². The summed E-state index contributed by atoms with van der Waals surface area (Å²) in [6, 6.07) is 0. The molecular formula is C6H8N2O2. The molecule has 2 amide bonds. The molecule has 0 saturated heterocycles. The fourth-order valence-corrected chi connectivity index (χ4v) is 0.312. The fraction of sp³-hybridized carbons (Fsp3) is 0.333. The van der Waals surface area contributed by atoms with Gasteiger partial charge in [0.1, 0.15) is 0 Å². The van der Waals surface area contributed by atoms with E-state index in [0.29, 0.717) is 6.41 Å². The van der Waals surface area contributed by atoms with E-state index in [1.54, 1.807) is 0 Å². The molecular weight excluding hydrogens is 132 g/mol. The third kappa shape index (κ3) is 4.96. The van der Waals surface area contributed by atoms with Crippen LogP contribution in [-0.4, -0.2) is 25.1 Å². The van der Waals surface area contributed by atoms with E-state index in [4.69, 9.17) is 0 Å². The van der Waals surface area contributed by atoms with Gasteiger partial charge in [-0.3, -0.25) is 9.59 Å². The Morgan fingerprint density at radius 3 is 2.80 bits per heavy atom. The number of nitrogens with zero attached hydrogens (tertiary/aromatic N) is 2. The zero-order valence-corrected chi connectivity index (χ0v) is 5.49. The lowest BCUT2D eigenvalue weighted by Gasteiger charge is -1.90. The largest absolute Gasteiger partial charge is 0.276 e. The van der Waals surface area contributed by atoms with E-state index in [2.05, 4.69) is 17.2 Å². The first-order valence-corrected chi connectivity index (χ1v) is 2.76. The van der Waals surface area contributed by atoms with Gasteiger partial charge in [-0.1, -0.05) is 0 Å². The van der Waals surface area contributed by atoms with Crippen LogP contribution in [0.5, 0.6) is 0 Å². The van der Waals surface area contributed by atoms with Crippen molar-refractivity contribution >= 4 is 18.5 Å². The maximum absolute atomic E-state index is 10.4. The number of carbonyl (C=O) groups excluding carboxylic acids is 2. The van der Waals surface area contributed by atoms with Gasteiger partial charge < -0.3 is 0 Å². The van der Waals surface area contributed by atoms with Crippen LogP contribution in [-0.2, 0) is 9.59 Å². The summed E-state index contributed by atoms with van der Waals surface area (Å²) >= 11 is 0. The van der Waals surface area contributed by atoms with Crippen LogP contribution < -0.4 is 5.32 Å². The summed E-state index contributed by atoms with van der Waals surface area (Å²) in [7, 11) is 0. The minimum atomic E-state index is -0.280. The van der Waals surface area contributed by atoms with Gasteiger partial charge in [0, 0.05) is 12.6 Å². The summed E-state index contributed by atoms with van der Waals surface area (Å²) in [5.74, 6) is -0.280. The Balaban J connectivity index is 3.27. The molecule has 0 saturated carbocycles. The molecule has 0 aromatic carbocycles. The molecule has 0 rings (SSSR count). The lowest BCUT2D eigenvalue weighted by Crippen LogP contribution is -2.15. The number of hydrogen-bond acceptors (Lipinski definition) is 2. The minimum Gasteiger partial charge on any atom is -0.276 e. The van der Waals surface area contributed by atoms with E-state index in [-0.39, 0.29) is 18.9 Å². The Bertz CT molecular complexity index is 143. The fourth-order valence-electron chi connectivity index (χ4n) is 0.312. The first-order chi connectivity index (χ1) is 4.81. The molecule has 4 heteroatoms. The van der Waals surface area contributed by atoms with Crippen molar-refractivity contribution in [3.05, 3.63) is 6.92 Å². The monoisotopic (exact) mass is 140 g/mol. The average Bonchev–Trinajstić information content (AvgIpc) is 1.98. The topological polar surface area (TPSA) is 60.6 Å². The molecule has 0 aromatic heterocycles. The first kappa shape index (κ1) is 8.81. The molecule has 4 nitrogen and oxygen atoms in total. The van der Waals surface area contributed by atoms with Crippen molar-refractivity contribution in [2.45, 2.75) is 6.42 Å². The van der Waals surface area contributed by atoms with Crippen LogP contribution in [0.1, 0.15) is 6.42 Å². The molecule has 0 fully saturated rings. The van der Waals surface area contributed by atoms with E-state index in [9.17, 15) is 9.59 Å². The maximum Gasteiger partial charge on any atom is 0.241 e. The molecule has 54 valence electrons. The molecule has 0 spiro atoms. The number of hydrogen-bond donors (Lipinski definition) is 0. The lowest BCUT2D eigenvalue weighted by molar-refractivity contribution is -0.120. The van der Waals surface area contributed by atoms with E-state index in [1.165, 1.54) is 6.21 Å². The number of aliphatic imine (C=N–C) groups is 1. The van der Waals surface area contributed by atoms with Crippen molar-refractivity contribution in [2.24, 2.45) is 4.99 Å². The normalized spacial score (nSPS) is 9.70. The molecule has 0 heterocycles. The van der Waals surface area contributed by atoms with Crippen LogP contribution in [0.4, 0.5) is 0 Å². The van der Waals surface area contributed by atoms with Gasteiger partial charge in [-0.05, 0) is 6.92 Å². The summed E-state index contributed by atoms with van der Waals surface area (Å²) in [4.78, 5) is 23.2. The van der Waals surface area contributed by atoms with Crippen molar-refractivity contribution < 1.29 is 9.59 Å². The minimum absolute atomic E-state index is 0.148. The summed E-state index contributed by atoms with van der Waals surface area (Å²) in [5, 5.41) is 3.47. The number of amides is 2. The quantitative estimate of drug-likeness (QED) is 0.393. The SMILES string of the molecule is [CH2]CC(=O)[N]CC=NC=O. The standard InChI is InChI=1S/C6H8N2O2/c1-2-6(10)8-4-3-7-5-9/h3,5H,1-2,4H2. The Labute approximate surface area is 59.3 Å². The van der Waals surface area contributed by atoms with Crippen LogP contribution >= 0.6 is 0 Å². The third-order valence-electron chi connectivity index (χ3n) is 0.729.